The average molecular weight is 415 g/mol. The molecule has 4 rings (SSSR count). The second-order valence-electron chi connectivity index (χ2n) is 10.3. The fraction of sp³-hybridized carbons (Fsp3) is 0.500. The van der Waals surface area contributed by atoms with Crippen LogP contribution >= 0.6 is 8.07 Å². The van der Waals surface area contributed by atoms with Gasteiger partial charge in [0, 0.05) is 28.6 Å². The van der Waals surface area contributed by atoms with Gasteiger partial charge in [-0.05, 0) is 72.9 Å². The number of hydrazine groups is 1. The summed E-state index contributed by atoms with van der Waals surface area (Å²) in [7, 11) is -0.816. The maximum atomic E-state index is 14.1. The predicted octanol–water partition coefficient (Wildman–Crippen LogP) is 6.35. The van der Waals surface area contributed by atoms with Crippen LogP contribution in [-0.2, 0) is 12.0 Å². The number of halogens is 1. The molecule has 2 heterocycles. The molecule has 156 valence electrons. The van der Waals surface area contributed by atoms with E-state index < -0.39 is 8.07 Å². The van der Waals surface area contributed by atoms with E-state index in [1.165, 1.54) is 22.0 Å². The first kappa shape index (κ1) is 20.8. The van der Waals surface area contributed by atoms with E-state index in [2.05, 4.69) is 77.5 Å². The third-order valence-electron chi connectivity index (χ3n) is 5.93. The van der Waals surface area contributed by atoms with Crippen molar-refractivity contribution in [3.05, 3.63) is 58.4 Å². The number of nitrogens with zero attached hydrogens (tertiary/aromatic N) is 2. The van der Waals surface area contributed by atoms with E-state index in [4.69, 9.17) is 4.84 Å². The Hall–Kier alpha value is -1.48. The minimum Gasteiger partial charge on any atom is -0.386 e. The van der Waals surface area contributed by atoms with Crippen LogP contribution in [0.2, 0.25) is 0 Å². The van der Waals surface area contributed by atoms with E-state index in [0.29, 0.717) is 6.54 Å². The number of fused-ring (bicyclic) bond motifs is 4. The molecule has 2 unspecified atom stereocenters. The van der Waals surface area contributed by atoms with Gasteiger partial charge in [0.1, 0.15) is 5.82 Å². The molecule has 2 aromatic carbocycles. The van der Waals surface area contributed by atoms with Crippen molar-refractivity contribution in [1.82, 2.24) is 9.95 Å². The summed E-state index contributed by atoms with van der Waals surface area (Å²) in [5.41, 5.74) is 5.07. The van der Waals surface area contributed by atoms with E-state index in [1.54, 1.807) is 12.1 Å². The van der Waals surface area contributed by atoms with Gasteiger partial charge in [0.15, 0.2) is 5.75 Å². The van der Waals surface area contributed by atoms with Crippen molar-refractivity contribution < 1.29 is 9.23 Å². The molecule has 29 heavy (non-hydrogen) atoms. The topological polar surface area (TPSA) is 15.7 Å². The standard InChI is InChI=1S/C24H32FN2OP/c1-15-11-18(23(3,4)5)13-20-16(2)29-21-10-9-19(25)12-17(21)14-26(24(6,7)8)27(29)28-22(15)20/h9-13,16H,14H2,1-8H3. The molecule has 0 aliphatic carbocycles. The second kappa shape index (κ2) is 6.77. The summed E-state index contributed by atoms with van der Waals surface area (Å²) in [4.78, 5) is 8.74. The summed E-state index contributed by atoms with van der Waals surface area (Å²) in [6.45, 7) is 18.4. The van der Waals surface area contributed by atoms with Gasteiger partial charge in [-0.1, -0.05) is 39.8 Å². The van der Waals surface area contributed by atoms with Crippen molar-refractivity contribution in [3.63, 3.8) is 0 Å². The van der Waals surface area contributed by atoms with Gasteiger partial charge >= 0.3 is 0 Å². The Morgan fingerprint density at radius 1 is 1.07 bits per heavy atom. The summed E-state index contributed by atoms with van der Waals surface area (Å²) in [5, 5.41) is 3.48. The summed E-state index contributed by atoms with van der Waals surface area (Å²) in [5.74, 6) is 0.807. The van der Waals surface area contributed by atoms with Crippen LogP contribution in [0.4, 0.5) is 4.39 Å². The highest BCUT2D eigenvalue weighted by atomic mass is 31.1. The zero-order chi connectivity index (χ0) is 21.3. The summed E-state index contributed by atoms with van der Waals surface area (Å²) in [6, 6.07) is 9.84. The highest BCUT2D eigenvalue weighted by Gasteiger charge is 2.47. The molecular formula is C24H32FN2OP. The summed E-state index contributed by atoms with van der Waals surface area (Å²) in [6.07, 6.45) is 0. The SMILES string of the molecule is Cc1cc(C(C)(C)C)cc2c1ON1N(C(C)(C)C)Cc3cc(F)ccc3P1C2C. The zero-order valence-electron chi connectivity index (χ0n) is 18.8. The van der Waals surface area contributed by atoms with Crippen LogP contribution in [0, 0.1) is 12.7 Å². The van der Waals surface area contributed by atoms with Gasteiger partial charge in [-0.25, -0.2) is 4.39 Å². The highest BCUT2D eigenvalue weighted by molar-refractivity contribution is 7.63. The summed E-state index contributed by atoms with van der Waals surface area (Å²) >= 11 is 0. The van der Waals surface area contributed by atoms with Crippen LogP contribution in [0.25, 0.3) is 0 Å². The molecule has 0 aromatic heterocycles. The van der Waals surface area contributed by atoms with Gasteiger partial charge in [0.25, 0.3) is 0 Å². The summed E-state index contributed by atoms with van der Waals surface area (Å²) < 4.78 is 14.1. The molecule has 3 nitrogen and oxygen atoms in total. The molecule has 2 aromatic rings. The maximum absolute atomic E-state index is 14.1. The Kier molecular flexibility index (Phi) is 4.85. The maximum Gasteiger partial charge on any atom is 0.156 e. The molecule has 5 heteroatoms. The normalized spacial score (nSPS) is 22.5. The van der Waals surface area contributed by atoms with Crippen molar-refractivity contribution in [2.45, 2.75) is 78.5 Å². The highest BCUT2D eigenvalue weighted by Crippen LogP contribution is 2.62. The van der Waals surface area contributed by atoms with Crippen molar-refractivity contribution in [3.8, 4) is 5.75 Å². The van der Waals surface area contributed by atoms with Crippen molar-refractivity contribution in [2.75, 3.05) is 0 Å². The van der Waals surface area contributed by atoms with Gasteiger partial charge < -0.3 is 4.84 Å². The first-order chi connectivity index (χ1) is 13.4. The first-order valence-corrected chi connectivity index (χ1v) is 11.7. The number of rotatable bonds is 0. The smallest absolute Gasteiger partial charge is 0.156 e. The van der Waals surface area contributed by atoms with Crippen LogP contribution in [0.3, 0.4) is 0 Å². The molecule has 0 radical (unpaired) electrons. The van der Waals surface area contributed by atoms with Gasteiger partial charge in [0.05, 0.1) is 8.07 Å². The Morgan fingerprint density at radius 3 is 2.38 bits per heavy atom. The number of hydrogen-bond acceptors (Lipinski definition) is 3. The molecule has 0 amide bonds. The van der Waals surface area contributed by atoms with Crippen LogP contribution in [0.5, 0.6) is 5.75 Å². The van der Waals surface area contributed by atoms with Gasteiger partial charge in [-0.2, -0.15) is 5.01 Å². The lowest BCUT2D eigenvalue weighted by atomic mass is 9.84. The van der Waals surface area contributed by atoms with Crippen molar-refractivity contribution >= 4 is 13.4 Å². The monoisotopic (exact) mass is 414 g/mol. The molecule has 0 spiro atoms. The lowest BCUT2D eigenvalue weighted by molar-refractivity contribution is -0.191. The molecule has 0 N–H and O–H groups in total. The van der Waals surface area contributed by atoms with Crippen LogP contribution in [0.15, 0.2) is 30.3 Å². The largest absolute Gasteiger partial charge is 0.386 e. The zero-order valence-corrected chi connectivity index (χ0v) is 19.7. The Bertz CT molecular complexity index is 961. The third-order valence-corrected chi connectivity index (χ3v) is 8.54. The Balaban J connectivity index is 1.91. The first-order valence-electron chi connectivity index (χ1n) is 10.4. The van der Waals surface area contributed by atoms with Crippen LogP contribution < -0.4 is 10.1 Å². The molecule has 0 fully saturated rings. The molecule has 0 bridgehead atoms. The van der Waals surface area contributed by atoms with Gasteiger partial charge in [-0.15, -0.1) is 0 Å². The van der Waals surface area contributed by atoms with E-state index in [-0.39, 0.29) is 22.4 Å². The second-order valence-corrected chi connectivity index (χ2v) is 12.6. The minimum absolute atomic E-state index is 0.0783. The van der Waals surface area contributed by atoms with Crippen molar-refractivity contribution in [2.24, 2.45) is 0 Å². The molecule has 0 saturated carbocycles. The molecule has 2 aliphatic heterocycles. The van der Waals surface area contributed by atoms with Crippen molar-refractivity contribution in [1.29, 1.82) is 0 Å². The third kappa shape index (κ3) is 3.50. The van der Waals surface area contributed by atoms with E-state index in [1.807, 2.05) is 6.07 Å². The minimum atomic E-state index is -0.816. The fourth-order valence-corrected chi connectivity index (χ4v) is 6.90. The van der Waals surface area contributed by atoms with Gasteiger partial charge in [0.2, 0.25) is 0 Å². The molecule has 2 atom stereocenters. The van der Waals surface area contributed by atoms with E-state index >= 15 is 0 Å². The molecule has 0 saturated heterocycles. The number of benzene rings is 2. The van der Waals surface area contributed by atoms with Crippen LogP contribution in [-0.4, -0.2) is 15.5 Å². The quantitative estimate of drug-likeness (QED) is 0.467. The molecule has 2 aliphatic rings. The average Bonchev–Trinajstić information content (AvgIpc) is 2.59. The Labute approximate surface area is 175 Å². The lowest BCUT2D eigenvalue weighted by Gasteiger charge is -2.53. The number of hydrogen-bond donors (Lipinski definition) is 0. The lowest BCUT2D eigenvalue weighted by Crippen LogP contribution is -2.56. The van der Waals surface area contributed by atoms with Gasteiger partial charge in [-0.3, -0.25) is 0 Å². The van der Waals surface area contributed by atoms with Crippen LogP contribution in [0.1, 0.15) is 76.4 Å². The van der Waals surface area contributed by atoms with E-state index in [9.17, 15) is 4.39 Å². The Morgan fingerprint density at radius 2 is 1.76 bits per heavy atom. The van der Waals surface area contributed by atoms with E-state index in [0.717, 1.165) is 11.3 Å². The molecular weight excluding hydrogens is 382 g/mol. The fourth-order valence-electron chi connectivity index (χ4n) is 4.16. The number of aryl methyl sites for hydroxylation is 1. The predicted molar refractivity (Wildman–Crippen MR) is 119 cm³/mol.